The van der Waals surface area contributed by atoms with Gasteiger partial charge in [0.2, 0.25) is 5.50 Å². The Balaban J connectivity index is 5.28. The van der Waals surface area contributed by atoms with Gasteiger partial charge >= 0.3 is 13.6 Å². The highest BCUT2D eigenvalue weighted by atomic mass is 31.2. The van der Waals surface area contributed by atoms with Crippen molar-refractivity contribution >= 4 is 13.6 Å². The summed E-state index contributed by atoms with van der Waals surface area (Å²) in [6.07, 6.45) is 0. The van der Waals surface area contributed by atoms with Gasteiger partial charge in [0.25, 0.3) is 0 Å². The lowest BCUT2D eigenvalue weighted by atomic mass is 9.97. The molecule has 0 fully saturated rings. The summed E-state index contributed by atoms with van der Waals surface area (Å²) in [7, 11) is -1.04. The van der Waals surface area contributed by atoms with Crippen LogP contribution in [0.15, 0.2) is 11.1 Å². The minimum absolute atomic E-state index is 0.0394. The van der Waals surface area contributed by atoms with Crippen LogP contribution >= 0.6 is 7.60 Å². The normalized spacial score (nSPS) is 12.2. The van der Waals surface area contributed by atoms with Crippen molar-refractivity contribution in [3.05, 3.63) is 11.1 Å². The maximum atomic E-state index is 12.2. The lowest BCUT2D eigenvalue weighted by molar-refractivity contribution is -0.147. The molecule has 0 aromatic rings. The first-order valence-electron chi connectivity index (χ1n) is 5.20. The van der Waals surface area contributed by atoms with Crippen LogP contribution in [-0.2, 0) is 23.1 Å². The van der Waals surface area contributed by atoms with Gasteiger partial charge in [0.15, 0.2) is 0 Å². The first-order valence-corrected chi connectivity index (χ1v) is 6.74. The van der Waals surface area contributed by atoms with E-state index in [-0.39, 0.29) is 5.50 Å². The average molecular weight is 264 g/mol. The molecular formula is C11H21O5P. The summed E-state index contributed by atoms with van der Waals surface area (Å²) in [6, 6.07) is 0. The zero-order chi connectivity index (χ0) is 13.9. The minimum Gasteiger partial charge on any atom is -0.417 e. The fraction of sp³-hybridized carbons (Fsp3) is 0.727. The van der Waals surface area contributed by atoms with Gasteiger partial charge in [-0.15, -0.1) is 0 Å². The van der Waals surface area contributed by atoms with Gasteiger partial charge in [0, 0.05) is 14.2 Å². The average Bonchev–Trinajstić information content (AvgIpc) is 2.22. The smallest absolute Gasteiger partial charge is 0.395 e. The van der Waals surface area contributed by atoms with Gasteiger partial charge in [-0.1, -0.05) is 0 Å². The third kappa shape index (κ3) is 4.26. The van der Waals surface area contributed by atoms with E-state index in [4.69, 9.17) is 13.8 Å². The van der Waals surface area contributed by atoms with Crippen molar-refractivity contribution in [3.8, 4) is 0 Å². The van der Waals surface area contributed by atoms with E-state index in [0.717, 1.165) is 0 Å². The van der Waals surface area contributed by atoms with Gasteiger partial charge in [-0.3, -0.25) is 9.36 Å². The first-order chi connectivity index (χ1) is 7.58. The third-order valence-corrected chi connectivity index (χ3v) is 3.96. The molecule has 0 heterocycles. The third-order valence-electron chi connectivity index (χ3n) is 1.96. The molecule has 0 unspecified atom stereocenters. The Hall–Kier alpha value is -0.640. The Morgan fingerprint density at radius 2 is 1.47 bits per heavy atom. The molecule has 0 saturated carbocycles. The molecule has 0 amide bonds. The SMILES string of the molecule is COP(=O)(OC)C(OC(=O)C(C)(C)C)=C(C)C. The molecule has 0 aromatic carbocycles. The zero-order valence-corrected chi connectivity index (χ0v) is 12.4. The number of carbonyl (C=O) groups excluding carboxylic acids is 1. The second kappa shape index (κ2) is 5.80. The molecule has 0 N–H and O–H groups in total. The van der Waals surface area contributed by atoms with Gasteiger partial charge < -0.3 is 13.8 Å². The van der Waals surface area contributed by atoms with Crippen molar-refractivity contribution < 1.29 is 23.1 Å². The van der Waals surface area contributed by atoms with E-state index in [1.165, 1.54) is 14.2 Å². The van der Waals surface area contributed by atoms with E-state index in [1.807, 2.05) is 0 Å². The summed E-state index contributed by atoms with van der Waals surface area (Å²) in [6.45, 7) is 8.49. The lowest BCUT2D eigenvalue weighted by Gasteiger charge is -2.22. The molecule has 0 aliphatic heterocycles. The highest BCUT2D eigenvalue weighted by Crippen LogP contribution is 2.56. The zero-order valence-electron chi connectivity index (χ0n) is 11.5. The fourth-order valence-electron chi connectivity index (χ4n) is 0.913. The molecule has 5 nitrogen and oxygen atoms in total. The fourth-order valence-corrected chi connectivity index (χ4v) is 2.14. The van der Waals surface area contributed by atoms with Crippen LogP contribution in [0.2, 0.25) is 0 Å². The van der Waals surface area contributed by atoms with Gasteiger partial charge in [0.05, 0.1) is 5.41 Å². The molecule has 17 heavy (non-hydrogen) atoms. The summed E-state index contributed by atoms with van der Waals surface area (Å²) in [5.74, 6) is -0.483. The van der Waals surface area contributed by atoms with Crippen molar-refractivity contribution in [1.29, 1.82) is 0 Å². The molecular weight excluding hydrogens is 243 g/mol. The van der Waals surface area contributed by atoms with Crippen molar-refractivity contribution in [1.82, 2.24) is 0 Å². The standard InChI is InChI=1S/C11H21O5P/c1-8(2)9(17(13,14-6)15-7)16-10(12)11(3,4)5/h1-7H3. The highest BCUT2D eigenvalue weighted by Gasteiger charge is 2.35. The predicted octanol–water partition coefficient (Wildman–Crippen LogP) is 3.31. The van der Waals surface area contributed by atoms with Crippen LogP contribution in [0.25, 0.3) is 0 Å². The van der Waals surface area contributed by atoms with Crippen molar-refractivity contribution in [3.63, 3.8) is 0 Å². The molecule has 0 bridgehead atoms. The summed E-state index contributed by atoms with van der Waals surface area (Å²) in [5, 5.41) is 0. The molecule has 0 aromatic heterocycles. The number of hydrogen-bond donors (Lipinski definition) is 0. The molecule has 6 heteroatoms. The summed E-state index contributed by atoms with van der Waals surface area (Å²) >= 11 is 0. The van der Waals surface area contributed by atoms with Crippen LogP contribution in [0.4, 0.5) is 0 Å². The maximum absolute atomic E-state index is 12.2. The summed E-state index contributed by atoms with van der Waals surface area (Å²) in [4.78, 5) is 11.8. The van der Waals surface area contributed by atoms with E-state index in [1.54, 1.807) is 34.6 Å². The van der Waals surface area contributed by atoms with E-state index in [0.29, 0.717) is 5.57 Å². The molecule has 0 radical (unpaired) electrons. The molecule has 0 spiro atoms. The largest absolute Gasteiger partial charge is 0.417 e. The molecule has 0 rings (SSSR count). The van der Waals surface area contributed by atoms with E-state index >= 15 is 0 Å². The van der Waals surface area contributed by atoms with Gasteiger partial charge in [-0.25, -0.2) is 0 Å². The lowest BCUT2D eigenvalue weighted by Crippen LogP contribution is -2.23. The number of carbonyl (C=O) groups is 1. The molecule has 100 valence electrons. The van der Waals surface area contributed by atoms with Crippen LogP contribution in [0, 0.1) is 5.41 Å². The Labute approximate surface area is 103 Å². The maximum Gasteiger partial charge on any atom is 0.395 e. The van der Waals surface area contributed by atoms with Crippen LogP contribution in [-0.4, -0.2) is 20.2 Å². The minimum atomic E-state index is -3.53. The molecule has 0 atom stereocenters. The van der Waals surface area contributed by atoms with Crippen LogP contribution in [0.3, 0.4) is 0 Å². The number of ether oxygens (including phenoxy) is 1. The van der Waals surface area contributed by atoms with Crippen LogP contribution in [0.1, 0.15) is 34.6 Å². The van der Waals surface area contributed by atoms with Crippen molar-refractivity contribution in [2.45, 2.75) is 34.6 Å². The number of allylic oxidation sites excluding steroid dienone is 1. The number of hydrogen-bond acceptors (Lipinski definition) is 5. The highest BCUT2D eigenvalue weighted by molar-refractivity contribution is 7.58. The van der Waals surface area contributed by atoms with Crippen molar-refractivity contribution in [2.75, 3.05) is 14.2 Å². The first kappa shape index (κ1) is 16.4. The van der Waals surface area contributed by atoms with E-state index in [9.17, 15) is 9.36 Å². The summed E-state index contributed by atoms with van der Waals surface area (Å²) < 4.78 is 27.0. The molecule has 0 aliphatic rings. The Bertz CT molecular complexity index is 353. The number of rotatable bonds is 4. The topological polar surface area (TPSA) is 61.8 Å². The Kier molecular flexibility index (Phi) is 5.59. The van der Waals surface area contributed by atoms with Crippen LogP contribution in [0.5, 0.6) is 0 Å². The predicted molar refractivity (Wildman–Crippen MR) is 65.5 cm³/mol. The van der Waals surface area contributed by atoms with Crippen molar-refractivity contribution in [2.24, 2.45) is 5.41 Å². The van der Waals surface area contributed by atoms with E-state index < -0.39 is 19.0 Å². The molecule has 0 saturated heterocycles. The monoisotopic (exact) mass is 264 g/mol. The van der Waals surface area contributed by atoms with Gasteiger partial charge in [0.1, 0.15) is 0 Å². The molecule has 0 aliphatic carbocycles. The number of esters is 1. The van der Waals surface area contributed by atoms with E-state index in [2.05, 4.69) is 0 Å². The Morgan fingerprint density at radius 1 is 1.06 bits per heavy atom. The Morgan fingerprint density at radius 3 is 1.71 bits per heavy atom. The second-order valence-corrected chi connectivity index (χ2v) is 6.94. The summed E-state index contributed by atoms with van der Waals surface area (Å²) in [5.41, 5.74) is -0.149. The van der Waals surface area contributed by atoms with Gasteiger partial charge in [-0.05, 0) is 40.2 Å². The van der Waals surface area contributed by atoms with Gasteiger partial charge in [-0.2, -0.15) is 0 Å². The quantitative estimate of drug-likeness (QED) is 0.443. The van der Waals surface area contributed by atoms with Crippen LogP contribution < -0.4 is 0 Å². The second-order valence-electron chi connectivity index (χ2n) is 4.81.